The number of hydrogen-bond donors (Lipinski definition) is 1. The molecule has 1 aromatic carbocycles. The van der Waals surface area contributed by atoms with E-state index in [4.69, 9.17) is 15.2 Å². The predicted octanol–water partition coefficient (Wildman–Crippen LogP) is 1.42. The summed E-state index contributed by atoms with van der Waals surface area (Å²) in [5.74, 6) is 0.272. The number of hydrogen-bond acceptors (Lipinski definition) is 6. The maximum absolute atomic E-state index is 11.6. The lowest BCUT2D eigenvalue weighted by Crippen LogP contribution is -2.12. The Morgan fingerprint density at radius 2 is 2.05 bits per heavy atom. The molecule has 0 saturated carbocycles. The van der Waals surface area contributed by atoms with Crippen LogP contribution in [0, 0.1) is 6.92 Å². The van der Waals surface area contributed by atoms with Crippen LogP contribution >= 0.6 is 0 Å². The molecule has 2 rings (SSSR count). The Balaban J connectivity index is 1.92. The minimum absolute atomic E-state index is 0.240. The van der Waals surface area contributed by atoms with Crippen LogP contribution in [-0.4, -0.2) is 34.2 Å². The molecule has 7 heteroatoms. The van der Waals surface area contributed by atoms with E-state index < -0.39 is 5.97 Å². The Hall–Kier alpha value is -2.57. The number of carbonyl (C=O) groups excluding carboxylic acids is 1. The number of benzene rings is 1. The Morgan fingerprint density at radius 1 is 1.33 bits per heavy atom. The van der Waals surface area contributed by atoms with Gasteiger partial charge in [-0.05, 0) is 38.1 Å². The minimum Gasteiger partial charge on any atom is -0.492 e. The molecule has 0 aliphatic rings. The summed E-state index contributed by atoms with van der Waals surface area (Å²) >= 11 is 0. The van der Waals surface area contributed by atoms with Gasteiger partial charge in [0.05, 0.1) is 18.8 Å². The van der Waals surface area contributed by atoms with Crippen LogP contribution in [0.4, 0.5) is 5.69 Å². The van der Waals surface area contributed by atoms with Crippen molar-refractivity contribution in [2.75, 3.05) is 18.9 Å². The second-order valence-corrected chi connectivity index (χ2v) is 4.38. The summed E-state index contributed by atoms with van der Waals surface area (Å²) < 4.78 is 12.1. The first-order valence-corrected chi connectivity index (χ1v) is 6.67. The van der Waals surface area contributed by atoms with E-state index in [-0.39, 0.29) is 5.69 Å². The molecular weight excluding hydrogens is 272 g/mol. The van der Waals surface area contributed by atoms with Gasteiger partial charge in [0.25, 0.3) is 0 Å². The van der Waals surface area contributed by atoms with Gasteiger partial charge in [0.2, 0.25) is 0 Å². The third-order valence-corrected chi connectivity index (χ3v) is 2.90. The molecule has 2 N–H and O–H groups in total. The molecule has 0 spiro atoms. The van der Waals surface area contributed by atoms with Crippen molar-refractivity contribution in [1.29, 1.82) is 0 Å². The third-order valence-electron chi connectivity index (χ3n) is 2.90. The number of nitrogens with two attached hydrogens (primary N) is 1. The highest BCUT2D eigenvalue weighted by Gasteiger charge is 2.17. The van der Waals surface area contributed by atoms with Gasteiger partial charge in [-0.3, -0.25) is 0 Å². The van der Waals surface area contributed by atoms with E-state index >= 15 is 0 Å². The Kier molecular flexibility index (Phi) is 4.76. The monoisotopic (exact) mass is 290 g/mol. The van der Waals surface area contributed by atoms with Crippen LogP contribution in [0.15, 0.2) is 24.3 Å². The van der Waals surface area contributed by atoms with Crippen LogP contribution in [0.25, 0.3) is 0 Å². The lowest BCUT2D eigenvalue weighted by molar-refractivity contribution is 0.0518. The van der Waals surface area contributed by atoms with Crippen molar-refractivity contribution in [2.24, 2.45) is 0 Å². The van der Waals surface area contributed by atoms with Crippen LogP contribution in [-0.2, 0) is 11.3 Å². The number of carbonyl (C=O) groups is 1. The molecular formula is C14H18N4O3. The molecule has 0 unspecified atom stereocenters. The van der Waals surface area contributed by atoms with Gasteiger partial charge in [0, 0.05) is 5.69 Å². The van der Waals surface area contributed by atoms with Gasteiger partial charge in [-0.2, -0.15) is 0 Å². The quantitative estimate of drug-likeness (QED) is 0.639. The fraction of sp³-hybridized carbons (Fsp3) is 0.357. The van der Waals surface area contributed by atoms with Gasteiger partial charge in [-0.1, -0.05) is 5.21 Å². The van der Waals surface area contributed by atoms with Gasteiger partial charge in [-0.15, -0.1) is 5.10 Å². The molecule has 0 bridgehead atoms. The number of anilines is 1. The molecule has 0 aliphatic carbocycles. The third kappa shape index (κ3) is 3.71. The van der Waals surface area contributed by atoms with E-state index in [2.05, 4.69) is 10.3 Å². The lowest BCUT2D eigenvalue weighted by Gasteiger charge is -2.07. The highest BCUT2D eigenvalue weighted by molar-refractivity contribution is 5.88. The van der Waals surface area contributed by atoms with E-state index in [9.17, 15) is 4.79 Å². The van der Waals surface area contributed by atoms with Gasteiger partial charge < -0.3 is 15.2 Å². The normalized spacial score (nSPS) is 10.4. The molecule has 0 amide bonds. The van der Waals surface area contributed by atoms with Crippen molar-refractivity contribution in [3.05, 3.63) is 35.7 Å². The maximum atomic E-state index is 11.6. The molecule has 0 aliphatic heterocycles. The van der Waals surface area contributed by atoms with Crippen LogP contribution in [0.5, 0.6) is 5.75 Å². The molecule has 1 heterocycles. The number of esters is 1. The average Bonchev–Trinajstić information content (AvgIpc) is 2.83. The average molecular weight is 290 g/mol. The smallest absolute Gasteiger partial charge is 0.360 e. The van der Waals surface area contributed by atoms with Crippen molar-refractivity contribution in [2.45, 2.75) is 20.4 Å². The van der Waals surface area contributed by atoms with E-state index in [0.29, 0.717) is 31.1 Å². The molecule has 21 heavy (non-hydrogen) atoms. The summed E-state index contributed by atoms with van der Waals surface area (Å²) in [7, 11) is 0. The highest BCUT2D eigenvalue weighted by atomic mass is 16.5. The van der Waals surface area contributed by atoms with Crippen molar-refractivity contribution < 1.29 is 14.3 Å². The van der Waals surface area contributed by atoms with E-state index in [1.165, 1.54) is 0 Å². The fourth-order valence-corrected chi connectivity index (χ4v) is 1.77. The van der Waals surface area contributed by atoms with Crippen molar-refractivity contribution in [1.82, 2.24) is 15.0 Å². The van der Waals surface area contributed by atoms with Gasteiger partial charge in [-0.25, -0.2) is 9.48 Å². The molecule has 0 atom stereocenters. The summed E-state index contributed by atoms with van der Waals surface area (Å²) in [5, 5.41) is 7.77. The minimum atomic E-state index is -0.458. The first kappa shape index (κ1) is 14.8. The zero-order chi connectivity index (χ0) is 15.2. The number of nitrogens with zero attached hydrogens (tertiary/aromatic N) is 3. The van der Waals surface area contributed by atoms with Crippen molar-refractivity contribution in [3.8, 4) is 5.75 Å². The standard InChI is InChI=1S/C14H18N4O3/c1-3-20-14(19)13-10(2)18(17-16-13)8-9-21-12-6-4-11(15)5-7-12/h4-7H,3,8-9,15H2,1-2H3. The SMILES string of the molecule is CCOC(=O)c1nnn(CCOc2ccc(N)cc2)c1C. The summed E-state index contributed by atoms with van der Waals surface area (Å²) in [6.45, 7) is 4.73. The van der Waals surface area contributed by atoms with Gasteiger partial charge in [0.15, 0.2) is 5.69 Å². The number of rotatable bonds is 6. The lowest BCUT2D eigenvalue weighted by atomic mass is 10.3. The molecule has 1 aromatic heterocycles. The zero-order valence-corrected chi connectivity index (χ0v) is 12.1. The van der Waals surface area contributed by atoms with Gasteiger partial charge in [0.1, 0.15) is 12.4 Å². The number of nitrogen functional groups attached to an aromatic ring is 1. The second-order valence-electron chi connectivity index (χ2n) is 4.38. The first-order valence-electron chi connectivity index (χ1n) is 6.67. The van der Waals surface area contributed by atoms with Crippen LogP contribution < -0.4 is 10.5 Å². The molecule has 0 radical (unpaired) electrons. The summed E-state index contributed by atoms with van der Waals surface area (Å²) in [4.78, 5) is 11.6. The fourth-order valence-electron chi connectivity index (χ4n) is 1.77. The van der Waals surface area contributed by atoms with Crippen molar-refractivity contribution in [3.63, 3.8) is 0 Å². The van der Waals surface area contributed by atoms with E-state index in [0.717, 1.165) is 5.75 Å². The van der Waals surface area contributed by atoms with Crippen LogP contribution in [0.1, 0.15) is 23.1 Å². The van der Waals surface area contributed by atoms with Crippen molar-refractivity contribution >= 4 is 11.7 Å². The van der Waals surface area contributed by atoms with Crippen LogP contribution in [0.2, 0.25) is 0 Å². The first-order chi connectivity index (χ1) is 10.1. The topological polar surface area (TPSA) is 92.3 Å². The summed E-state index contributed by atoms with van der Waals surface area (Å²) in [6.07, 6.45) is 0. The van der Waals surface area contributed by atoms with Gasteiger partial charge >= 0.3 is 5.97 Å². The summed E-state index contributed by atoms with van der Waals surface area (Å²) in [5.41, 5.74) is 7.19. The molecule has 7 nitrogen and oxygen atoms in total. The maximum Gasteiger partial charge on any atom is 0.360 e. The second kappa shape index (κ2) is 6.74. The van der Waals surface area contributed by atoms with E-state index in [1.54, 1.807) is 42.8 Å². The Labute approximate surface area is 122 Å². The largest absolute Gasteiger partial charge is 0.492 e. The Morgan fingerprint density at radius 3 is 2.71 bits per heavy atom. The molecule has 112 valence electrons. The molecule has 0 fully saturated rings. The highest BCUT2D eigenvalue weighted by Crippen LogP contribution is 2.13. The molecule has 0 saturated heterocycles. The van der Waals surface area contributed by atoms with E-state index in [1.807, 2.05) is 0 Å². The summed E-state index contributed by atoms with van der Waals surface area (Å²) in [6, 6.07) is 7.14. The molecule has 2 aromatic rings. The predicted molar refractivity (Wildman–Crippen MR) is 77.1 cm³/mol. The Bertz CT molecular complexity index is 607. The number of ether oxygens (including phenoxy) is 2. The number of aromatic nitrogens is 3. The zero-order valence-electron chi connectivity index (χ0n) is 12.1. The van der Waals surface area contributed by atoms with Crippen LogP contribution in [0.3, 0.4) is 0 Å².